The molecule has 0 spiro atoms. The Morgan fingerprint density at radius 1 is 1.58 bits per heavy atom. The predicted octanol–water partition coefficient (Wildman–Crippen LogP) is 3.07. The molecule has 1 rings (SSSR count). The van der Waals surface area contributed by atoms with Crippen molar-refractivity contribution in [2.75, 3.05) is 11.9 Å². The number of nitrogens with zero attached hydrogens (tertiary/aromatic N) is 1. The van der Waals surface area contributed by atoms with Gasteiger partial charge in [0.05, 0.1) is 0 Å². The Hall–Kier alpha value is -0.410. The first-order valence-corrected chi connectivity index (χ1v) is 5.41. The Bertz CT molecular complexity index is 265. The van der Waals surface area contributed by atoms with E-state index in [1.807, 2.05) is 26.0 Å². The first kappa shape index (κ1) is 9.68. The summed E-state index contributed by atoms with van der Waals surface area (Å²) in [6.07, 6.45) is 0. The van der Waals surface area contributed by atoms with Gasteiger partial charge in [0.2, 0.25) is 0 Å². The van der Waals surface area contributed by atoms with Crippen molar-refractivity contribution in [1.82, 2.24) is 4.98 Å². The molecule has 0 aromatic carbocycles. The van der Waals surface area contributed by atoms with E-state index < -0.39 is 0 Å². The lowest BCUT2D eigenvalue weighted by molar-refractivity contribution is 1.08. The number of rotatable bonds is 3. The maximum absolute atomic E-state index is 5.60. The van der Waals surface area contributed by atoms with E-state index in [2.05, 4.69) is 10.3 Å². The fraction of sp³-hybridized carbons (Fsp3) is 0.375. The SMILES string of the molecule is CCNc1cc(C)cc(SCl)n1. The Labute approximate surface area is 81.2 Å². The number of nitrogens with one attached hydrogen (secondary N) is 1. The van der Waals surface area contributed by atoms with E-state index in [1.54, 1.807) is 0 Å². The lowest BCUT2D eigenvalue weighted by atomic mass is 10.3. The maximum Gasteiger partial charge on any atom is 0.127 e. The molecule has 2 nitrogen and oxygen atoms in total. The van der Waals surface area contributed by atoms with Gasteiger partial charge in [-0.3, -0.25) is 0 Å². The van der Waals surface area contributed by atoms with Crippen molar-refractivity contribution in [3.05, 3.63) is 17.7 Å². The number of pyridine rings is 1. The van der Waals surface area contributed by atoms with Gasteiger partial charge in [-0.25, -0.2) is 4.98 Å². The fourth-order valence-electron chi connectivity index (χ4n) is 0.947. The van der Waals surface area contributed by atoms with Gasteiger partial charge in [-0.15, -0.1) is 0 Å². The molecular formula is C8H11ClN2S. The largest absolute Gasteiger partial charge is 0.370 e. The Balaban J connectivity index is 2.90. The normalized spacial score (nSPS) is 9.92. The Morgan fingerprint density at radius 2 is 2.33 bits per heavy atom. The topological polar surface area (TPSA) is 24.9 Å². The van der Waals surface area contributed by atoms with Crippen molar-refractivity contribution in [2.45, 2.75) is 18.9 Å². The van der Waals surface area contributed by atoms with Crippen molar-refractivity contribution in [2.24, 2.45) is 0 Å². The third-order valence-electron chi connectivity index (χ3n) is 1.38. The average molecular weight is 203 g/mol. The summed E-state index contributed by atoms with van der Waals surface area (Å²) in [6.45, 7) is 4.94. The smallest absolute Gasteiger partial charge is 0.127 e. The molecule has 12 heavy (non-hydrogen) atoms. The van der Waals surface area contributed by atoms with E-state index in [1.165, 1.54) is 5.56 Å². The summed E-state index contributed by atoms with van der Waals surface area (Å²) in [5.41, 5.74) is 1.17. The van der Waals surface area contributed by atoms with Crippen LogP contribution in [0.3, 0.4) is 0 Å². The second-order valence-electron chi connectivity index (χ2n) is 2.48. The maximum atomic E-state index is 5.60. The van der Waals surface area contributed by atoms with Crippen molar-refractivity contribution >= 4 is 27.5 Å². The molecule has 0 bridgehead atoms. The molecule has 0 aliphatic heterocycles. The van der Waals surface area contributed by atoms with Crippen LogP contribution in [0.2, 0.25) is 0 Å². The van der Waals surface area contributed by atoms with E-state index in [-0.39, 0.29) is 0 Å². The van der Waals surface area contributed by atoms with Crippen LogP contribution in [0.5, 0.6) is 0 Å². The number of aromatic nitrogens is 1. The lowest BCUT2D eigenvalue weighted by Crippen LogP contribution is -1.99. The molecule has 66 valence electrons. The molecule has 1 N–H and O–H groups in total. The molecule has 0 fully saturated rings. The molecule has 1 aromatic rings. The second-order valence-corrected chi connectivity index (χ2v) is 3.51. The lowest BCUT2D eigenvalue weighted by Gasteiger charge is -2.04. The van der Waals surface area contributed by atoms with Crippen LogP contribution in [0, 0.1) is 6.92 Å². The standard InChI is InChI=1S/C8H11ClN2S/c1-3-10-7-4-6(2)5-8(11-7)12-9/h4-5H,3H2,1-2H3,(H,10,11). The molecule has 0 unspecified atom stereocenters. The predicted molar refractivity (Wildman–Crippen MR) is 54.8 cm³/mol. The number of hydrogen-bond donors (Lipinski definition) is 1. The summed E-state index contributed by atoms with van der Waals surface area (Å²) in [5, 5.41) is 3.98. The van der Waals surface area contributed by atoms with Gasteiger partial charge in [0.1, 0.15) is 10.8 Å². The zero-order valence-corrected chi connectivity index (χ0v) is 8.67. The van der Waals surface area contributed by atoms with Crippen molar-refractivity contribution < 1.29 is 0 Å². The van der Waals surface area contributed by atoms with E-state index in [0.717, 1.165) is 28.4 Å². The third-order valence-corrected chi connectivity index (χ3v) is 2.22. The van der Waals surface area contributed by atoms with Crippen LogP contribution >= 0.6 is 21.7 Å². The summed E-state index contributed by atoms with van der Waals surface area (Å²) in [6, 6.07) is 3.96. The van der Waals surface area contributed by atoms with Crippen molar-refractivity contribution in [1.29, 1.82) is 0 Å². The van der Waals surface area contributed by atoms with Gasteiger partial charge in [-0.05, 0) is 42.2 Å². The molecule has 0 aliphatic carbocycles. The first-order valence-electron chi connectivity index (χ1n) is 3.77. The highest BCUT2D eigenvalue weighted by molar-refractivity contribution is 8.21. The molecule has 0 saturated carbocycles. The van der Waals surface area contributed by atoms with Crippen molar-refractivity contribution in [3.63, 3.8) is 0 Å². The van der Waals surface area contributed by atoms with Crippen LogP contribution < -0.4 is 5.32 Å². The molecule has 0 atom stereocenters. The minimum absolute atomic E-state index is 0.840. The van der Waals surface area contributed by atoms with Crippen LogP contribution in [-0.2, 0) is 0 Å². The molecule has 1 heterocycles. The Morgan fingerprint density at radius 3 is 2.92 bits per heavy atom. The van der Waals surface area contributed by atoms with E-state index >= 15 is 0 Å². The van der Waals surface area contributed by atoms with Gasteiger partial charge in [0.15, 0.2) is 0 Å². The van der Waals surface area contributed by atoms with Gasteiger partial charge in [-0.2, -0.15) is 0 Å². The summed E-state index contributed by atoms with van der Waals surface area (Å²) in [5.74, 6) is 0.889. The summed E-state index contributed by atoms with van der Waals surface area (Å²) in [4.78, 5) is 4.26. The highest BCUT2D eigenvalue weighted by atomic mass is 35.7. The molecule has 1 aromatic heterocycles. The van der Waals surface area contributed by atoms with Crippen LogP contribution in [0.1, 0.15) is 12.5 Å². The minimum atomic E-state index is 0.840. The quantitative estimate of drug-likeness (QED) is 0.816. The zero-order chi connectivity index (χ0) is 8.97. The molecule has 0 amide bonds. The molecular weight excluding hydrogens is 192 g/mol. The van der Waals surface area contributed by atoms with Crippen LogP contribution in [-0.4, -0.2) is 11.5 Å². The Kier molecular flexibility index (Phi) is 3.69. The highest BCUT2D eigenvalue weighted by Gasteiger charge is 1.98. The van der Waals surface area contributed by atoms with Gasteiger partial charge in [0.25, 0.3) is 0 Å². The molecule has 0 saturated heterocycles. The van der Waals surface area contributed by atoms with E-state index in [0.29, 0.717) is 0 Å². The van der Waals surface area contributed by atoms with Gasteiger partial charge in [-0.1, -0.05) is 0 Å². The highest BCUT2D eigenvalue weighted by Crippen LogP contribution is 2.22. The minimum Gasteiger partial charge on any atom is -0.370 e. The number of halogens is 1. The number of hydrogen-bond acceptors (Lipinski definition) is 3. The summed E-state index contributed by atoms with van der Waals surface area (Å²) < 4.78 is 0. The van der Waals surface area contributed by atoms with Crippen LogP contribution in [0.15, 0.2) is 17.2 Å². The fourth-order valence-corrected chi connectivity index (χ4v) is 1.55. The third kappa shape index (κ3) is 2.57. The summed E-state index contributed by atoms with van der Waals surface area (Å²) in [7, 11) is 6.74. The van der Waals surface area contributed by atoms with Gasteiger partial charge in [0, 0.05) is 17.5 Å². The van der Waals surface area contributed by atoms with E-state index in [9.17, 15) is 0 Å². The first-order chi connectivity index (χ1) is 5.76. The van der Waals surface area contributed by atoms with Crippen molar-refractivity contribution in [3.8, 4) is 0 Å². The molecule has 4 heteroatoms. The number of aryl methyl sites for hydroxylation is 1. The molecule has 0 aliphatic rings. The summed E-state index contributed by atoms with van der Waals surface area (Å²) >= 11 is 0. The van der Waals surface area contributed by atoms with Gasteiger partial charge >= 0.3 is 0 Å². The number of anilines is 1. The second kappa shape index (κ2) is 4.58. The van der Waals surface area contributed by atoms with Gasteiger partial charge < -0.3 is 5.32 Å². The van der Waals surface area contributed by atoms with Crippen LogP contribution in [0.25, 0.3) is 0 Å². The van der Waals surface area contributed by atoms with Crippen LogP contribution in [0.4, 0.5) is 5.82 Å². The molecule has 0 radical (unpaired) electrons. The monoisotopic (exact) mass is 202 g/mol. The zero-order valence-electron chi connectivity index (χ0n) is 7.10. The average Bonchev–Trinajstić information content (AvgIpc) is 2.04. The van der Waals surface area contributed by atoms with E-state index in [4.69, 9.17) is 10.7 Å².